The highest BCUT2D eigenvalue weighted by atomic mass is 79.9. The number of carboxylic acid groups (broad SMARTS) is 1. The molecule has 1 rings (SSSR count). The summed E-state index contributed by atoms with van der Waals surface area (Å²) in [7, 11) is 0. The van der Waals surface area contributed by atoms with E-state index in [1.807, 2.05) is 6.07 Å². The van der Waals surface area contributed by atoms with Gasteiger partial charge in [-0.25, -0.2) is 4.79 Å². The minimum Gasteiger partial charge on any atom is -0.479 e. The number of carbonyl (C=O) groups excluding carboxylic acids is 1. The van der Waals surface area contributed by atoms with Crippen molar-refractivity contribution in [2.45, 2.75) is 24.3 Å². The summed E-state index contributed by atoms with van der Waals surface area (Å²) in [5.74, 6) is -1.29. The van der Waals surface area contributed by atoms with Gasteiger partial charge in [-0.1, -0.05) is 34.1 Å². The molecule has 1 atom stereocenters. The molecule has 2 N–H and O–H groups in total. The molecular formula is C12H13BrO4. The fraction of sp³-hybridized carbons (Fsp3) is 0.333. The molecule has 17 heavy (non-hydrogen) atoms. The van der Waals surface area contributed by atoms with Crippen LogP contribution in [0.1, 0.15) is 29.2 Å². The Morgan fingerprint density at radius 1 is 1.47 bits per heavy atom. The van der Waals surface area contributed by atoms with Crippen molar-refractivity contribution < 1.29 is 19.8 Å². The number of aliphatic carboxylic acids is 1. The Bertz CT molecular complexity index is 417. The van der Waals surface area contributed by atoms with Crippen molar-refractivity contribution in [3.8, 4) is 0 Å². The zero-order chi connectivity index (χ0) is 12.8. The first-order chi connectivity index (χ1) is 8.10. The molecule has 0 saturated carbocycles. The molecule has 1 aromatic carbocycles. The monoisotopic (exact) mass is 300 g/mol. The summed E-state index contributed by atoms with van der Waals surface area (Å²) < 4.78 is 0. The van der Waals surface area contributed by atoms with Gasteiger partial charge in [-0.2, -0.15) is 0 Å². The maximum atomic E-state index is 10.8. The van der Waals surface area contributed by atoms with Gasteiger partial charge in [-0.15, -0.1) is 0 Å². The number of carboxylic acids is 1. The molecule has 0 amide bonds. The predicted molar refractivity (Wildman–Crippen MR) is 66.1 cm³/mol. The molecule has 0 fully saturated rings. The summed E-state index contributed by atoms with van der Waals surface area (Å²) in [4.78, 5) is 21.1. The van der Waals surface area contributed by atoms with Crippen LogP contribution < -0.4 is 0 Å². The number of hydrogen-bond acceptors (Lipinski definition) is 3. The van der Waals surface area contributed by atoms with Crippen molar-refractivity contribution in [3.05, 3.63) is 34.9 Å². The van der Waals surface area contributed by atoms with Gasteiger partial charge in [-0.3, -0.25) is 0 Å². The van der Waals surface area contributed by atoms with Crippen LogP contribution in [-0.4, -0.2) is 22.5 Å². The lowest BCUT2D eigenvalue weighted by atomic mass is 9.97. The van der Waals surface area contributed by atoms with Crippen molar-refractivity contribution in [3.63, 3.8) is 0 Å². The molecule has 0 aliphatic rings. The molecule has 0 heterocycles. The fourth-order valence-corrected chi connectivity index (χ4v) is 1.91. The number of aliphatic hydroxyl groups excluding tert-OH is 1. The molecule has 0 aliphatic heterocycles. The second kappa shape index (κ2) is 6.51. The maximum absolute atomic E-state index is 10.8. The lowest BCUT2D eigenvalue weighted by Crippen LogP contribution is -2.13. The molecule has 0 saturated heterocycles. The molecule has 0 spiro atoms. The van der Waals surface area contributed by atoms with Gasteiger partial charge in [0.05, 0.1) is 0 Å². The average Bonchev–Trinajstić information content (AvgIpc) is 2.35. The van der Waals surface area contributed by atoms with Crippen molar-refractivity contribution >= 4 is 28.2 Å². The number of alkyl halides is 1. The van der Waals surface area contributed by atoms with Crippen molar-refractivity contribution in [1.82, 2.24) is 0 Å². The first kappa shape index (κ1) is 13.9. The summed E-state index contributed by atoms with van der Waals surface area (Å²) >= 11 is 3.27. The van der Waals surface area contributed by atoms with Gasteiger partial charge in [0, 0.05) is 11.8 Å². The summed E-state index contributed by atoms with van der Waals surface area (Å²) in [5, 5.41) is 19.0. The van der Waals surface area contributed by atoms with Crippen LogP contribution in [0.5, 0.6) is 0 Å². The number of aldehydes is 1. The van der Waals surface area contributed by atoms with Gasteiger partial charge in [0.25, 0.3) is 0 Å². The fourth-order valence-electron chi connectivity index (χ4n) is 1.56. The predicted octanol–water partition coefficient (Wildman–Crippen LogP) is 1.83. The Morgan fingerprint density at radius 2 is 2.18 bits per heavy atom. The topological polar surface area (TPSA) is 74.6 Å². The summed E-state index contributed by atoms with van der Waals surface area (Å²) in [6, 6.07) is 5.24. The first-order valence-corrected chi connectivity index (χ1v) is 6.24. The average molecular weight is 301 g/mol. The Kier molecular flexibility index (Phi) is 5.31. The lowest BCUT2D eigenvalue weighted by molar-refractivity contribution is -0.147. The van der Waals surface area contributed by atoms with Crippen LogP contribution >= 0.6 is 15.9 Å². The van der Waals surface area contributed by atoms with Gasteiger partial charge in [0.15, 0.2) is 6.10 Å². The Labute approximate surface area is 107 Å². The summed E-state index contributed by atoms with van der Waals surface area (Å²) in [6.45, 7) is 0. The van der Waals surface area contributed by atoms with E-state index in [-0.39, 0.29) is 0 Å². The molecule has 1 aromatic rings. The third-order valence-electron chi connectivity index (χ3n) is 2.42. The molecule has 5 heteroatoms. The molecule has 1 unspecified atom stereocenters. The number of halogens is 1. The van der Waals surface area contributed by atoms with Gasteiger partial charge in [0.1, 0.15) is 6.29 Å². The van der Waals surface area contributed by atoms with E-state index in [4.69, 9.17) is 5.11 Å². The molecule has 4 nitrogen and oxygen atoms in total. The van der Waals surface area contributed by atoms with Crippen LogP contribution in [0.4, 0.5) is 0 Å². The highest BCUT2D eigenvalue weighted by Crippen LogP contribution is 2.22. The number of hydrogen-bond donors (Lipinski definition) is 2. The van der Waals surface area contributed by atoms with Gasteiger partial charge in [-0.05, 0) is 23.1 Å². The molecule has 0 aromatic heterocycles. The van der Waals surface area contributed by atoms with E-state index in [9.17, 15) is 14.7 Å². The summed E-state index contributed by atoms with van der Waals surface area (Å²) in [6.07, 6.45) is -0.0238. The lowest BCUT2D eigenvalue weighted by Gasteiger charge is -2.13. The van der Waals surface area contributed by atoms with Crippen LogP contribution in [0.15, 0.2) is 18.2 Å². The van der Waals surface area contributed by atoms with E-state index in [2.05, 4.69) is 15.9 Å². The van der Waals surface area contributed by atoms with Crippen LogP contribution in [0.3, 0.4) is 0 Å². The Morgan fingerprint density at radius 3 is 2.71 bits per heavy atom. The zero-order valence-electron chi connectivity index (χ0n) is 9.10. The van der Waals surface area contributed by atoms with Crippen molar-refractivity contribution in [2.24, 2.45) is 0 Å². The number of carbonyl (C=O) groups is 2. The van der Waals surface area contributed by atoms with E-state index in [0.717, 1.165) is 11.8 Å². The van der Waals surface area contributed by atoms with Crippen LogP contribution in [0, 0.1) is 0 Å². The minimum absolute atomic E-state index is 0.312. The zero-order valence-corrected chi connectivity index (χ0v) is 10.7. The highest BCUT2D eigenvalue weighted by molar-refractivity contribution is 9.08. The number of rotatable bonds is 6. The number of benzene rings is 1. The van der Waals surface area contributed by atoms with Gasteiger partial charge < -0.3 is 15.0 Å². The molecule has 0 bridgehead atoms. The highest BCUT2D eigenvalue weighted by Gasteiger charge is 2.19. The standard InChI is InChI=1S/C12H13BrO4/c13-7-8-3-4-9(2-1-5-14)10(6-8)11(15)12(16)17/h3-6,11,15H,1-2,7H2,(H,16,17). The van der Waals surface area contributed by atoms with E-state index < -0.39 is 12.1 Å². The Balaban J connectivity index is 3.10. The third-order valence-corrected chi connectivity index (χ3v) is 3.07. The van der Waals surface area contributed by atoms with E-state index in [1.165, 1.54) is 0 Å². The molecule has 92 valence electrons. The van der Waals surface area contributed by atoms with Crippen LogP contribution in [0.2, 0.25) is 0 Å². The SMILES string of the molecule is O=CCCc1ccc(CBr)cc1C(O)C(=O)O. The second-order valence-corrected chi connectivity index (χ2v) is 4.17. The van der Waals surface area contributed by atoms with E-state index >= 15 is 0 Å². The Hall–Kier alpha value is -1.20. The molecule has 0 aliphatic carbocycles. The van der Waals surface area contributed by atoms with E-state index in [0.29, 0.717) is 29.3 Å². The summed E-state index contributed by atoms with van der Waals surface area (Å²) in [5.41, 5.74) is 1.93. The van der Waals surface area contributed by atoms with Crippen molar-refractivity contribution in [2.75, 3.05) is 0 Å². The van der Waals surface area contributed by atoms with Gasteiger partial charge in [0.2, 0.25) is 0 Å². The van der Waals surface area contributed by atoms with E-state index in [1.54, 1.807) is 12.1 Å². The first-order valence-electron chi connectivity index (χ1n) is 5.12. The van der Waals surface area contributed by atoms with Crippen LogP contribution in [0.25, 0.3) is 0 Å². The second-order valence-electron chi connectivity index (χ2n) is 3.61. The molecular weight excluding hydrogens is 288 g/mol. The minimum atomic E-state index is -1.55. The quantitative estimate of drug-likeness (QED) is 0.621. The van der Waals surface area contributed by atoms with Gasteiger partial charge >= 0.3 is 5.97 Å². The normalized spacial score (nSPS) is 12.1. The maximum Gasteiger partial charge on any atom is 0.337 e. The van der Waals surface area contributed by atoms with Crippen molar-refractivity contribution in [1.29, 1.82) is 0 Å². The molecule has 0 radical (unpaired) electrons. The largest absolute Gasteiger partial charge is 0.479 e. The number of aryl methyl sites for hydroxylation is 1. The van der Waals surface area contributed by atoms with Crippen LogP contribution in [-0.2, 0) is 21.3 Å². The third kappa shape index (κ3) is 3.64. The number of aliphatic hydroxyl groups is 1. The smallest absolute Gasteiger partial charge is 0.337 e.